The molecule has 1 aliphatic heterocycles. The van der Waals surface area contributed by atoms with Gasteiger partial charge in [0, 0.05) is 13.7 Å². The Morgan fingerprint density at radius 2 is 2.31 bits per heavy atom. The largest absolute Gasteiger partial charge is 0.380 e. The van der Waals surface area contributed by atoms with Gasteiger partial charge in [-0.1, -0.05) is 6.92 Å². The quantitative estimate of drug-likeness (QED) is 0.645. The topological polar surface area (TPSA) is 36.3 Å². The van der Waals surface area contributed by atoms with Gasteiger partial charge >= 0.3 is 0 Å². The predicted molar refractivity (Wildman–Crippen MR) is 51.2 cm³/mol. The van der Waals surface area contributed by atoms with E-state index in [9.17, 15) is 0 Å². The van der Waals surface area contributed by atoms with Gasteiger partial charge in [0.15, 0.2) is 0 Å². The molecule has 3 unspecified atom stereocenters. The lowest BCUT2D eigenvalue weighted by Crippen LogP contribution is -2.47. The number of piperidine rings is 1. The van der Waals surface area contributed by atoms with Crippen LogP contribution in [0.1, 0.15) is 20.3 Å². The standard InChI is InChI=1S/C10H18N2O/c1-8-4-5-12(9(2)6-11)7-10(8)13-3/h8-10H,4-5,7H2,1-3H3. The van der Waals surface area contributed by atoms with Gasteiger partial charge in [-0.2, -0.15) is 5.26 Å². The summed E-state index contributed by atoms with van der Waals surface area (Å²) in [6.45, 7) is 6.08. The van der Waals surface area contributed by atoms with Crippen LogP contribution in [0.4, 0.5) is 0 Å². The molecule has 0 aromatic rings. The fourth-order valence-electron chi connectivity index (χ4n) is 1.80. The van der Waals surface area contributed by atoms with Crippen LogP contribution in [0.2, 0.25) is 0 Å². The van der Waals surface area contributed by atoms with E-state index in [0.29, 0.717) is 12.0 Å². The minimum absolute atomic E-state index is 0.0187. The maximum atomic E-state index is 8.78. The van der Waals surface area contributed by atoms with Crippen LogP contribution in [0.5, 0.6) is 0 Å². The van der Waals surface area contributed by atoms with Crippen LogP contribution >= 0.6 is 0 Å². The smallest absolute Gasteiger partial charge is 0.0950 e. The van der Waals surface area contributed by atoms with Crippen LogP contribution in [0.25, 0.3) is 0 Å². The van der Waals surface area contributed by atoms with Gasteiger partial charge in [-0.05, 0) is 25.8 Å². The molecule has 0 bridgehead atoms. The molecule has 0 amide bonds. The van der Waals surface area contributed by atoms with Crippen LogP contribution < -0.4 is 0 Å². The molecule has 0 radical (unpaired) electrons. The third kappa shape index (κ3) is 2.43. The second kappa shape index (κ2) is 4.59. The average Bonchev–Trinajstić information content (AvgIpc) is 2.17. The fraction of sp³-hybridized carbons (Fsp3) is 0.900. The summed E-state index contributed by atoms with van der Waals surface area (Å²) in [4.78, 5) is 2.19. The van der Waals surface area contributed by atoms with E-state index >= 15 is 0 Å². The summed E-state index contributed by atoms with van der Waals surface area (Å²) in [5.74, 6) is 0.618. The molecule has 0 spiro atoms. The van der Waals surface area contributed by atoms with Gasteiger partial charge in [-0.25, -0.2) is 0 Å². The summed E-state index contributed by atoms with van der Waals surface area (Å²) in [5, 5.41) is 8.78. The highest BCUT2D eigenvalue weighted by molar-refractivity contribution is 4.91. The molecule has 0 aromatic heterocycles. The zero-order valence-electron chi connectivity index (χ0n) is 8.66. The summed E-state index contributed by atoms with van der Waals surface area (Å²) in [5.41, 5.74) is 0. The first-order valence-electron chi connectivity index (χ1n) is 4.85. The van der Waals surface area contributed by atoms with Crippen molar-refractivity contribution >= 4 is 0 Å². The molecule has 1 aliphatic rings. The van der Waals surface area contributed by atoms with E-state index in [2.05, 4.69) is 17.9 Å². The third-order valence-electron chi connectivity index (χ3n) is 2.96. The van der Waals surface area contributed by atoms with Gasteiger partial charge < -0.3 is 4.74 Å². The third-order valence-corrected chi connectivity index (χ3v) is 2.96. The molecule has 3 nitrogen and oxygen atoms in total. The Morgan fingerprint density at radius 1 is 1.62 bits per heavy atom. The first kappa shape index (κ1) is 10.5. The van der Waals surface area contributed by atoms with Crippen molar-refractivity contribution in [3.8, 4) is 6.07 Å². The number of likely N-dealkylation sites (tertiary alicyclic amines) is 1. The summed E-state index contributed by atoms with van der Waals surface area (Å²) < 4.78 is 5.38. The van der Waals surface area contributed by atoms with Crippen LogP contribution in [-0.4, -0.2) is 37.2 Å². The molecule has 13 heavy (non-hydrogen) atoms. The highest BCUT2D eigenvalue weighted by Gasteiger charge is 2.28. The van der Waals surface area contributed by atoms with E-state index in [1.807, 2.05) is 6.92 Å². The highest BCUT2D eigenvalue weighted by Crippen LogP contribution is 2.20. The van der Waals surface area contributed by atoms with Crippen molar-refractivity contribution in [2.45, 2.75) is 32.4 Å². The Labute approximate surface area is 80.3 Å². The second-order valence-corrected chi connectivity index (χ2v) is 3.84. The van der Waals surface area contributed by atoms with Crippen LogP contribution in [0, 0.1) is 17.2 Å². The van der Waals surface area contributed by atoms with Crippen molar-refractivity contribution in [3.63, 3.8) is 0 Å². The Bertz CT molecular complexity index is 200. The van der Waals surface area contributed by atoms with Gasteiger partial charge in [0.1, 0.15) is 0 Å². The number of hydrogen-bond acceptors (Lipinski definition) is 3. The van der Waals surface area contributed by atoms with E-state index in [-0.39, 0.29) is 6.04 Å². The van der Waals surface area contributed by atoms with Crippen molar-refractivity contribution in [1.82, 2.24) is 4.90 Å². The highest BCUT2D eigenvalue weighted by atomic mass is 16.5. The SMILES string of the molecule is COC1CN(C(C)C#N)CCC1C. The van der Waals surface area contributed by atoms with Crippen LogP contribution in [0.3, 0.4) is 0 Å². The first-order chi connectivity index (χ1) is 6.19. The van der Waals surface area contributed by atoms with Crippen molar-refractivity contribution < 1.29 is 4.74 Å². The monoisotopic (exact) mass is 182 g/mol. The van der Waals surface area contributed by atoms with Crippen LogP contribution in [-0.2, 0) is 4.74 Å². The molecule has 3 atom stereocenters. The van der Waals surface area contributed by atoms with Gasteiger partial charge in [-0.15, -0.1) is 0 Å². The average molecular weight is 182 g/mol. The van der Waals surface area contributed by atoms with Gasteiger partial charge in [0.2, 0.25) is 0 Å². The zero-order valence-corrected chi connectivity index (χ0v) is 8.66. The van der Waals surface area contributed by atoms with Crippen LogP contribution in [0.15, 0.2) is 0 Å². The van der Waals surface area contributed by atoms with E-state index in [0.717, 1.165) is 19.5 Å². The van der Waals surface area contributed by atoms with E-state index in [4.69, 9.17) is 10.00 Å². The molecule has 0 saturated carbocycles. The molecular formula is C10H18N2O. The van der Waals surface area contributed by atoms with Crippen molar-refractivity contribution in [2.75, 3.05) is 20.2 Å². The molecule has 1 heterocycles. The lowest BCUT2D eigenvalue weighted by atomic mass is 9.95. The summed E-state index contributed by atoms with van der Waals surface area (Å²) in [6.07, 6.45) is 1.43. The Morgan fingerprint density at radius 3 is 2.85 bits per heavy atom. The number of nitrogens with zero attached hydrogens (tertiary/aromatic N) is 2. The van der Waals surface area contributed by atoms with Gasteiger partial charge in [0.05, 0.1) is 18.2 Å². The summed E-state index contributed by atoms with van der Waals surface area (Å²) >= 11 is 0. The van der Waals surface area contributed by atoms with E-state index in [1.165, 1.54) is 0 Å². The molecule has 3 heteroatoms. The number of hydrogen-bond donors (Lipinski definition) is 0. The van der Waals surface area contributed by atoms with E-state index in [1.54, 1.807) is 7.11 Å². The molecular weight excluding hydrogens is 164 g/mol. The number of rotatable bonds is 2. The fourth-order valence-corrected chi connectivity index (χ4v) is 1.80. The number of ether oxygens (including phenoxy) is 1. The molecule has 1 fully saturated rings. The number of methoxy groups -OCH3 is 1. The van der Waals surface area contributed by atoms with Gasteiger partial charge in [0.25, 0.3) is 0 Å². The van der Waals surface area contributed by atoms with E-state index < -0.39 is 0 Å². The maximum absolute atomic E-state index is 8.78. The maximum Gasteiger partial charge on any atom is 0.0950 e. The minimum atomic E-state index is 0.0187. The van der Waals surface area contributed by atoms with Crippen molar-refractivity contribution in [3.05, 3.63) is 0 Å². The lowest BCUT2D eigenvalue weighted by Gasteiger charge is -2.37. The zero-order chi connectivity index (χ0) is 9.84. The van der Waals surface area contributed by atoms with Crippen molar-refractivity contribution in [1.29, 1.82) is 5.26 Å². The normalized spacial score (nSPS) is 32.5. The van der Waals surface area contributed by atoms with Gasteiger partial charge in [-0.3, -0.25) is 4.90 Å². The molecule has 0 aromatic carbocycles. The van der Waals surface area contributed by atoms with Crippen molar-refractivity contribution in [2.24, 2.45) is 5.92 Å². The summed E-state index contributed by atoms with van der Waals surface area (Å²) in [7, 11) is 1.75. The second-order valence-electron chi connectivity index (χ2n) is 3.84. The number of nitriles is 1. The molecule has 0 N–H and O–H groups in total. The molecule has 74 valence electrons. The lowest BCUT2D eigenvalue weighted by molar-refractivity contribution is -0.0102. The predicted octanol–water partition coefficient (Wildman–Crippen LogP) is 1.26. The Hall–Kier alpha value is -0.590. The Kier molecular flexibility index (Phi) is 3.71. The minimum Gasteiger partial charge on any atom is -0.380 e. The first-order valence-corrected chi connectivity index (χ1v) is 4.85. The summed E-state index contributed by atoms with van der Waals surface area (Å²) in [6, 6.07) is 2.28. The molecule has 1 saturated heterocycles. The molecule has 0 aliphatic carbocycles. The Balaban J connectivity index is 2.50. The molecule has 1 rings (SSSR count).